The van der Waals surface area contributed by atoms with Gasteiger partial charge in [-0.1, -0.05) is 26.0 Å². The first-order valence-electron chi connectivity index (χ1n) is 15.8. The molecule has 0 spiro atoms. The number of ether oxygens (including phenoxy) is 1. The van der Waals surface area contributed by atoms with Crippen molar-refractivity contribution in [3.63, 3.8) is 0 Å². The Morgan fingerprint density at radius 1 is 1.00 bits per heavy atom. The van der Waals surface area contributed by atoms with E-state index >= 15 is 0 Å². The van der Waals surface area contributed by atoms with Crippen LogP contribution in [0.15, 0.2) is 73.2 Å². The molecule has 1 amide bonds. The number of anilines is 1. The van der Waals surface area contributed by atoms with Crippen LogP contribution in [0, 0.1) is 11.7 Å². The minimum atomic E-state index is -0.335. The van der Waals surface area contributed by atoms with Crippen LogP contribution in [0.3, 0.4) is 0 Å². The molecule has 0 saturated carbocycles. The Kier molecular flexibility index (Phi) is 8.19. The van der Waals surface area contributed by atoms with E-state index in [1.807, 2.05) is 56.3 Å². The fourth-order valence-corrected chi connectivity index (χ4v) is 6.15. The summed E-state index contributed by atoms with van der Waals surface area (Å²) in [6.45, 7) is 7.58. The number of H-pyrrole nitrogens is 2. The Hall–Kier alpha value is -5.09. The van der Waals surface area contributed by atoms with Crippen LogP contribution in [0.25, 0.3) is 55.6 Å². The number of hydrogen-bond donors (Lipinski definition) is 3. The van der Waals surface area contributed by atoms with Gasteiger partial charge in [-0.15, -0.1) is 0 Å². The second-order valence-electron chi connectivity index (χ2n) is 12.3. The van der Waals surface area contributed by atoms with E-state index in [4.69, 9.17) is 4.74 Å². The first-order chi connectivity index (χ1) is 22.4. The molecule has 9 nitrogen and oxygen atoms in total. The molecule has 6 aromatic rings. The summed E-state index contributed by atoms with van der Waals surface area (Å²) >= 11 is 0. The number of aromatic nitrogens is 5. The zero-order chi connectivity index (χ0) is 31.6. The van der Waals surface area contributed by atoms with E-state index in [2.05, 4.69) is 35.4 Å². The summed E-state index contributed by atoms with van der Waals surface area (Å²) in [5.41, 5.74) is 7.00. The number of fused-ring (bicyclic) bond motifs is 2. The molecule has 46 heavy (non-hydrogen) atoms. The third kappa shape index (κ3) is 6.34. The van der Waals surface area contributed by atoms with Gasteiger partial charge < -0.3 is 15.0 Å². The Labute approximate surface area is 266 Å². The van der Waals surface area contributed by atoms with Crippen LogP contribution in [0.4, 0.5) is 10.1 Å². The van der Waals surface area contributed by atoms with Gasteiger partial charge in [-0.3, -0.25) is 24.8 Å². The van der Waals surface area contributed by atoms with Gasteiger partial charge in [0.1, 0.15) is 23.9 Å². The minimum absolute atomic E-state index is 0.0489. The van der Waals surface area contributed by atoms with Crippen molar-refractivity contribution in [3.05, 3.63) is 79.0 Å². The molecule has 0 aliphatic carbocycles. The second-order valence-corrected chi connectivity index (χ2v) is 12.3. The van der Waals surface area contributed by atoms with Crippen LogP contribution < -0.4 is 10.1 Å². The molecule has 4 aromatic heterocycles. The molecule has 1 fully saturated rings. The third-order valence-electron chi connectivity index (χ3n) is 8.34. The smallest absolute Gasteiger partial charge is 0.224 e. The standard InChI is InChI=1S/C36H36FN7O2/c1-22(2)12-35(45)40-26-14-24(19-38-20-26)32-18-30-34(21-39-32)42-43-36(30)33-17-29-28(6-5-7-31(29)41-33)23-13-25(37)16-27(15-23)46-11-10-44-8-3-4-9-44/h5-7,13-22,41H,3-4,8-12H2,1-2H3,(H,40,45)(H,42,43). The maximum atomic E-state index is 14.8. The molecule has 0 atom stereocenters. The number of halogens is 1. The number of hydrogen-bond acceptors (Lipinski definition) is 6. The molecule has 0 unspecified atom stereocenters. The van der Waals surface area contributed by atoms with Crippen LogP contribution in [-0.2, 0) is 4.79 Å². The fourth-order valence-electron chi connectivity index (χ4n) is 6.15. The molecule has 0 radical (unpaired) electrons. The van der Waals surface area contributed by atoms with E-state index in [1.165, 1.54) is 18.9 Å². The predicted molar refractivity (Wildman–Crippen MR) is 179 cm³/mol. The summed E-state index contributed by atoms with van der Waals surface area (Å²) in [4.78, 5) is 27.2. The molecule has 5 heterocycles. The summed E-state index contributed by atoms with van der Waals surface area (Å²) in [7, 11) is 0. The molecule has 1 aliphatic heterocycles. The molecular weight excluding hydrogens is 581 g/mol. The average Bonchev–Trinajstić information content (AvgIpc) is 3.80. The Bertz CT molecular complexity index is 2030. The van der Waals surface area contributed by atoms with E-state index in [-0.39, 0.29) is 17.6 Å². The first kappa shape index (κ1) is 29.6. The number of benzene rings is 2. The number of nitrogens with zero attached hydrogens (tertiary/aromatic N) is 4. The molecule has 3 N–H and O–H groups in total. The van der Waals surface area contributed by atoms with E-state index in [0.717, 1.165) is 69.5 Å². The van der Waals surface area contributed by atoms with E-state index in [1.54, 1.807) is 24.7 Å². The summed E-state index contributed by atoms with van der Waals surface area (Å²) in [6.07, 6.45) is 8.00. The quantitative estimate of drug-likeness (QED) is 0.147. The van der Waals surface area contributed by atoms with Crippen LogP contribution in [0.2, 0.25) is 0 Å². The largest absolute Gasteiger partial charge is 0.492 e. The number of likely N-dealkylation sites (tertiary alicyclic amines) is 1. The summed E-state index contributed by atoms with van der Waals surface area (Å²) in [6, 6.07) is 16.7. The Morgan fingerprint density at radius 3 is 2.72 bits per heavy atom. The summed E-state index contributed by atoms with van der Waals surface area (Å²) in [5.74, 6) is 0.401. The van der Waals surface area contributed by atoms with Crippen LogP contribution in [-0.4, -0.2) is 62.2 Å². The number of aromatic amines is 2. The maximum absolute atomic E-state index is 14.8. The zero-order valence-electron chi connectivity index (χ0n) is 25.9. The van der Waals surface area contributed by atoms with Crippen molar-refractivity contribution in [2.24, 2.45) is 5.92 Å². The maximum Gasteiger partial charge on any atom is 0.224 e. The minimum Gasteiger partial charge on any atom is -0.492 e. The van der Waals surface area contributed by atoms with Gasteiger partial charge in [0.05, 0.1) is 35.0 Å². The number of nitrogens with one attached hydrogen (secondary N) is 3. The highest BCUT2D eigenvalue weighted by Gasteiger charge is 2.17. The van der Waals surface area contributed by atoms with E-state index < -0.39 is 0 Å². The van der Waals surface area contributed by atoms with Gasteiger partial charge in [0.15, 0.2) is 0 Å². The summed E-state index contributed by atoms with van der Waals surface area (Å²) in [5, 5.41) is 12.5. The lowest BCUT2D eigenvalue weighted by atomic mass is 10.0. The highest BCUT2D eigenvalue weighted by atomic mass is 19.1. The Balaban J connectivity index is 1.18. The highest BCUT2D eigenvalue weighted by molar-refractivity contribution is 6.01. The lowest BCUT2D eigenvalue weighted by Crippen LogP contribution is -2.25. The lowest BCUT2D eigenvalue weighted by molar-refractivity contribution is -0.116. The van der Waals surface area contributed by atoms with Gasteiger partial charge in [0.2, 0.25) is 5.91 Å². The van der Waals surface area contributed by atoms with Gasteiger partial charge in [0.25, 0.3) is 0 Å². The lowest BCUT2D eigenvalue weighted by Gasteiger charge is -2.15. The Morgan fingerprint density at radius 2 is 1.87 bits per heavy atom. The van der Waals surface area contributed by atoms with Gasteiger partial charge in [-0.2, -0.15) is 5.10 Å². The molecule has 0 bridgehead atoms. The van der Waals surface area contributed by atoms with Gasteiger partial charge in [-0.25, -0.2) is 4.39 Å². The number of carbonyl (C=O) groups excluding carboxylic acids is 1. The fraction of sp³-hybridized carbons (Fsp3) is 0.278. The zero-order valence-corrected chi connectivity index (χ0v) is 25.9. The number of carbonyl (C=O) groups is 1. The van der Waals surface area contributed by atoms with Gasteiger partial charge in [0, 0.05) is 47.1 Å². The van der Waals surface area contributed by atoms with Crippen molar-refractivity contribution in [3.8, 4) is 39.5 Å². The SMILES string of the molecule is CC(C)CC(=O)Nc1cncc(-c2cc3c(-c4cc5c(-c6cc(F)cc(OCCN7CCCC7)c6)cccc5[nH]4)n[nH]c3cn2)c1. The van der Waals surface area contributed by atoms with E-state index in [0.29, 0.717) is 30.2 Å². The normalized spacial score (nSPS) is 13.7. The third-order valence-corrected chi connectivity index (χ3v) is 8.34. The van der Waals surface area contributed by atoms with Crippen LogP contribution in [0.1, 0.15) is 33.1 Å². The molecule has 1 saturated heterocycles. The number of pyridine rings is 2. The van der Waals surface area contributed by atoms with Crippen LogP contribution >= 0.6 is 0 Å². The topological polar surface area (TPSA) is 112 Å². The molecule has 234 valence electrons. The van der Waals surface area contributed by atoms with Crippen molar-refractivity contribution < 1.29 is 13.9 Å². The monoisotopic (exact) mass is 617 g/mol. The molecular formula is C36H36FN7O2. The van der Waals surface area contributed by atoms with Crippen molar-refractivity contribution in [1.29, 1.82) is 0 Å². The van der Waals surface area contributed by atoms with Crippen molar-refractivity contribution in [2.45, 2.75) is 33.1 Å². The van der Waals surface area contributed by atoms with Crippen LogP contribution in [0.5, 0.6) is 5.75 Å². The summed E-state index contributed by atoms with van der Waals surface area (Å²) < 4.78 is 20.8. The molecule has 1 aliphatic rings. The van der Waals surface area contributed by atoms with Crippen molar-refractivity contribution in [1.82, 2.24) is 30.0 Å². The first-order valence-corrected chi connectivity index (χ1v) is 15.8. The number of amides is 1. The molecule has 2 aromatic carbocycles. The average molecular weight is 618 g/mol. The predicted octanol–water partition coefficient (Wildman–Crippen LogP) is 7.43. The van der Waals surface area contributed by atoms with Crippen molar-refractivity contribution >= 4 is 33.4 Å². The highest BCUT2D eigenvalue weighted by Crippen LogP contribution is 2.36. The van der Waals surface area contributed by atoms with Gasteiger partial charge in [-0.05, 0) is 79.4 Å². The molecule has 10 heteroatoms. The number of rotatable bonds is 10. The van der Waals surface area contributed by atoms with Crippen molar-refractivity contribution in [2.75, 3.05) is 31.6 Å². The second kappa shape index (κ2) is 12.7. The van der Waals surface area contributed by atoms with E-state index in [9.17, 15) is 9.18 Å². The molecule has 7 rings (SSSR count). The van der Waals surface area contributed by atoms with Gasteiger partial charge >= 0.3 is 0 Å².